The van der Waals surface area contributed by atoms with E-state index in [1.165, 1.54) is 17.8 Å². The number of aromatic nitrogens is 3. The molecule has 1 aromatic carbocycles. The van der Waals surface area contributed by atoms with Crippen molar-refractivity contribution >= 4 is 34.7 Å². The number of thiazole rings is 1. The highest BCUT2D eigenvalue weighted by Gasteiger charge is 2.08. The van der Waals surface area contributed by atoms with Crippen molar-refractivity contribution < 1.29 is 4.74 Å². The van der Waals surface area contributed by atoms with E-state index in [1.807, 2.05) is 29.6 Å². The molecule has 23 heavy (non-hydrogen) atoms. The van der Waals surface area contributed by atoms with Crippen molar-refractivity contribution in [3.63, 3.8) is 0 Å². The van der Waals surface area contributed by atoms with Crippen LogP contribution in [0.1, 0.15) is 5.69 Å². The number of ether oxygens (including phenoxy) is 1. The van der Waals surface area contributed by atoms with Gasteiger partial charge >= 0.3 is 0 Å². The number of nitrogen functional groups attached to an aromatic ring is 2. The number of thioether (sulfide) groups is 1. The van der Waals surface area contributed by atoms with Crippen molar-refractivity contribution in [1.82, 2.24) is 15.0 Å². The van der Waals surface area contributed by atoms with E-state index in [-0.39, 0.29) is 0 Å². The Balaban J connectivity index is 1.71. The third-order valence-corrected chi connectivity index (χ3v) is 4.78. The maximum Gasteiger partial charge on any atom is 0.191 e. The first kappa shape index (κ1) is 15.6. The number of anilines is 2. The minimum atomic E-state index is 0.371. The maximum atomic E-state index is 5.67. The molecule has 0 saturated heterocycles. The largest absolute Gasteiger partial charge is 0.497 e. The standard InChI is InChI=1S/C15H15N5OS2/c1-21-11-4-2-3-9(5-11)14-18-10(7-22-14)8-23-15-19-12(16)6-13(17)20-15/h2-7H,8H2,1H3,(H4,16,17,19,20). The first-order valence-electron chi connectivity index (χ1n) is 6.75. The van der Waals surface area contributed by atoms with Gasteiger partial charge < -0.3 is 16.2 Å². The number of nitrogens with zero attached hydrogens (tertiary/aromatic N) is 3. The minimum absolute atomic E-state index is 0.371. The van der Waals surface area contributed by atoms with Crippen molar-refractivity contribution in [2.45, 2.75) is 10.9 Å². The zero-order chi connectivity index (χ0) is 16.2. The molecule has 0 atom stereocenters. The summed E-state index contributed by atoms with van der Waals surface area (Å²) in [4.78, 5) is 12.9. The number of rotatable bonds is 5. The summed E-state index contributed by atoms with van der Waals surface area (Å²) in [5.41, 5.74) is 13.3. The molecular weight excluding hydrogens is 330 g/mol. The molecule has 4 N–H and O–H groups in total. The molecule has 0 unspecified atom stereocenters. The van der Waals surface area contributed by atoms with Gasteiger partial charge in [-0.3, -0.25) is 0 Å². The molecule has 6 nitrogen and oxygen atoms in total. The molecule has 0 saturated carbocycles. The second-order valence-corrected chi connectivity index (χ2v) is 6.47. The third kappa shape index (κ3) is 3.91. The lowest BCUT2D eigenvalue weighted by atomic mass is 10.2. The van der Waals surface area contributed by atoms with Crippen LogP contribution in [0.4, 0.5) is 11.6 Å². The van der Waals surface area contributed by atoms with Gasteiger partial charge in [0.15, 0.2) is 5.16 Å². The molecule has 0 aliphatic rings. The van der Waals surface area contributed by atoms with Crippen LogP contribution in [0.3, 0.4) is 0 Å². The van der Waals surface area contributed by atoms with Crippen LogP contribution < -0.4 is 16.2 Å². The van der Waals surface area contributed by atoms with Gasteiger partial charge in [-0.1, -0.05) is 23.9 Å². The van der Waals surface area contributed by atoms with Gasteiger partial charge in [0.25, 0.3) is 0 Å². The fraction of sp³-hybridized carbons (Fsp3) is 0.133. The van der Waals surface area contributed by atoms with Crippen molar-refractivity contribution in [2.75, 3.05) is 18.6 Å². The fourth-order valence-electron chi connectivity index (χ4n) is 1.93. The molecule has 0 bridgehead atoms. The van der Waals surface area contributed by atoms with Gasteiger partial charge in [-0.05, 0) is 12.1 Å². The number of hydrogen-bond acceptors (Lipinski definition) is 8. The van der Waals surface area contributed by atoms with Gasteiger partial charge in [0.2, 0.25) is 0 Å². The molecule has 0 amide bonds. The summed E-state index contributed by atoms with van der Waals surface area (Å²) in [7, 11) is 1.65. The molecule has 0 spiro atoms. The van der Waals surface area contributed by atoms with Crippen LogP contribution >= 0.6 is 23.1 Å². The van der Waals surface area contributed by atoms with E-state index in [0.717, 1.165) is 22.0 Å². The summed E-state index contributed by atoms with van der Waals surface area (Å²) in [5, 5.41) is 3.53. The highest BCUT2D eigenvalue weighted by atomic mass is 32.2. The van der Waals surface area contributed by atoms with Crippen LogP contribution in [0.25, 0.3) is 10.6 Å². The molecular formula is C15H15N5OS2. The lowest BCUT2D eigenvalue weighted by molar-refractivity contribution is 0.415. The van der Waals surface area contributed by atoms with Crippen molar-refractivity contribution in [3.8, 4) is 16.3 Å². The average Bonchev–Trinajstić information content (AvgIpc) is 3.01. The van der Waals surface area contributed by atoms with Crippen LogP contribution in [0.15, 0.2) is 40.9 Å². The monoisotopic (exact) mass is 345 g/mol. The quantitative estimate of drug-likeness (QED) is 0.541. The molecule has 118 valence electrons. The predicted molar refractivity (Wildman–Crippen MR) is 94.5 cm³/mol. The molecule has 0 aliphatic carbocycles. The van der Waals surface area contributed by atoms with Crippen molar-refractivity contribution in [2.24, 2.45) is 0 Å². The Morgan fingerprint density at radius 2 is 1.91 bits per heavy atom. The Morgan fingerprint density at radius 1 is 1.13 bits per heavy atom. The van der Waals surface area contributed by atoms with Gasteiger partial charge in [0, 0.05) is 22.8 Å². The zero-order valence-electron chi connectivity index (χ0n) is 12.4. The van der Waals surface area contributed by atoms with Gasteiger partial charge in [-0.25, -0.2) is 15.0 Å². The predicted octanol–water partition coefficient (Wildman–Crippen LogP) is 3.07. The first-order chi connectivity index (χ1) is 11.1. The Morgan fingerprint density at radius 3 is 2.65 bits per heavy atom. The van der Waals surface area contributed by atoms with Crippen LogP contribution in [-0.2, 0) is 5.75 Å². The smallest absolute Gasteiger partial charge is 0.191 e. The fourth-order valence-corrected chi connectivity index (χ4v) is 3.61. The van der Waals surface area contributed by atoms with Crippen LogP contribution in [0.2, 0.25) is 0 Å². The van der Waals surface area contributed by atoms with Crippen LogP contribution in [0.5, 0.6) is 5.75 Å². The van der Waals surface area contributed by atoms with Crippen LogP contribution in [0, 0.1) is 0 Å². The second kappa shape index (κ2) is 6.84. The number of methoxy groups -OCH3 is 1. The summed E-state index contributed by atoms with van der Waals surface area (Å²) in [6.07, 6.45) is 0. The van der Waals surface area contributed by atoms with E-state index in [1.54, 1.807) is 18.4 Å². The maximum absolute atomic E-state index is 5.67. The Bertz CT molecular complexity index is 801. The molecule has 0 aliphatic heterocycles. The molecule has 0 fully saturated rings. The normalized spacial score (nSPS) is 10.7. The van der Waals surface area contributed by atoms with E-state index in [4.69, 9.17) is 16.2 Å². The van der Waals surface area contributed by atoms with Gasteiger partial charge in [0.05, 0.1) is 12.8 Å². The highest BCUT2D eigenvalue weighted by molar-refractivity contribution is 7.98. The number of nitrogens with two attached hydrogens (primary N) is 2. The molecule has 3 aromatic rings. The Hall–Kier alpha value is -2.32. The molecule has 0 radical (unpaired) electrons. The van der Waals surface area contributed by atoms with Crippen molar-refractivity contribution in [3.05, 3.63) is 41.4 Å². The van der Waals surface area contributed by atoms with Crippen LogP contribution in [-0.4, -0.2) is 22.1 Å². The lowest BCUT2D eigenvalue weighted by Gasteiger charge is -2.02. The Labute approximate surface area is 141 Å². The minimum Gasteiger partial charge on any atom is -0.497 e. The summed E-state index contributed by atoms with van der Waals surface area (Å²) < 4.78 is 5.24. The van der Waals surface area contributed by atoms with E-state index in [2.05, 4.69) is 15.0 Å². The topological polar surface area (TPSA) is 99.9 Å². The zero-order valence-corrected chi connectivity index (χ0v) is 14.0. The van der Waals surface area contributed by atoms with E-state index in [9.17, 15) is 0 Å². The van der Waals surface area contributed by atoms with Gasteiger partial charge in [-0.2, -0.15) is 0 Å². The second-order valence-electron chi connectivity index (χ2n) is 4.66. The molecule has 3 rings (SSSR count). The van der Waals surface area contributed by atoms with E-state index >= 15 is 0 Å². The third-order valence-electron chi connectivity index (χ3n) is 2.96. The average molecular weight is 345 g/mol. The SMILES string of the molecule is COc1cccc(-c2nc(CSc3nc(N)cc(N)n3)cs2)c1. The summed E-state index contributed by atoms with van der Waals surface area (Å²) in [5.74, 6) is 2.21. The molecule has 2 aromatic heterocycles. The van der Waals surface area contributed by atoms with Gasteiger partial charge in [-0.15, -0.1) is 11.3 Å². The van der Waals surface area contributed by atoms with E-state index < -0.39 is 0 Å². The van der Waals surface area contributed by atoms with E-state index in [0.29, 0.717) is 22.5 Å². The van der Waals surface area contributed by atoms with Crippen molar-refractivity contribution in [1.29, 1.82) is 0 Å². The van der Waals surface area contributed by atoms with Gasteiger partial charge in [0.1, 0.15) is 22.4 Å². The molecule has 8 heteroatoms. The highest BCUT2D eigenvalue weighted by Crippen LogP contribution is 2.29. The molecule has 2 heterocycles. The lowest BCUT2D eigenvalue weighted by Crippen LogP contribution is -1.99. The first-order valence-corrected chi connectivity index (χ1v) is 8.62. The summed E-state index contributed by atoms with van der Waals surface area (Å²) in [6.45, 7) is 0. The summed E-state index contributed by atoms with van der Waals surface area (Å²) in [6, 6.07) is 9.38. The Kier molecular flexibility index (Phi) is 4.63. The number of hydrogen-bond donors (Lipinski definition) is 2. The summed E-state index contributed by atoms with van der Waals surface area (Å²) >= 11 is 3.05. The number of benzene rings is 1.